The van der Waals surface area contributed by atoms with Crippen LogP contribution in [-0.4, -0.2) is 32.0 Å². The molecule has 0 unspecified atom stereocenters. The summed E-state index contributed by atoms with van der Waals surface area (Å²) >= 11 is 5.90. The molecule has 0 fully saturated rings. The van der Waals surface area contributed by atoms with Crippen molar-refractivity contribution in [3.63, 3.8) is 0 Å². The van der Waals surface area contributed by atoms with E-state index in [1.165, 1.54) is 0 Å². The van der Waals surface area contributed by atoms with E-state index in [1.807, 2.05) is 37.1 Å². The van der Waals surface area contributed by atoms with Crippen molar-refractivity contribution >= 4 is 29.0 Å². The minimum absolute atomic E-state index is 0.274. The van der Waals surface area contributed by atoms with Gasteiger partial charge in [0.05, 0.1) is 0 Å². The number of benzene rings is 2. The highest BCUT2D eigenvalue weighted by atomic mass is 35.5. The number of fused-ring (bicyclic) bond motifs is 1. The van der Waals surface area contributed by atoms with Crippen LogP contribution in [-0.2, 0) is 19.7 Å². The molecule has 29 heavy (non-hydrogen) atoms. The van der Waals surface area contributed by atoms with Gasteiger partial charge in [0.1, 0.15) is 5.75 Å². The minimum atomic E-state index is -0.603. The molecule has 1 aliphatic heterocycles. The predicted octanol–water partition coefficient (Wildman–Crippen LogP) is 4.45. The fourth-order valence-corrected chi connectivity index (χ4v) is 3.78. The molecule has 0 bridgehead atoms. The highest BCUT2D eigenvalue weighted by Gasteiger charge is 2.38. The molecule has 2 aromatic rings. The number of ketones is 1. The van der Waals surface area contributed by atoms with Gasteiger partial charge in [-0.1, -0.05) is 43.6 Å². The Bertz CT molecular complexity index is 981. The van der Waals surface area contributed by atoms with Gasteiger partial charge in [-0.25, -0.2) is 4.79 Å². The number of nitrogens with zero attached hydrogens (tertiary/aromatic N) is 1. The second-order valence-corrected chi connectivity index (χ2v) is 7.99. The van der Waals surface area contributed by atoms with Gasteiger partial charge >= 0.3 is 5.97 Å². The van der Waals surface area contributed by atoms with Crippen LogP contribution >= 0.6 is 11.6 Å². The highest BCUT2D eigenvalue weighted by molar-refractivity contribution is 6.30. The zero-order chi connectivity index (χ0) is 21.2. The van der Waals surface area contributed by atoms with Crippen LogP contribution in [0.3, 0.4) is 0 Å². The molecule has 0 saturated carbocycles. The van der Waals surface area contributed by atoms with Crippen LogP contribution in [0, 0.1) is 6.92 Å². The first-order chi connectivity index (χ1) is 13.7. The summed E-state index contributed by atoms with van der Waals surface area (Å²) in [4.78, 5) is 26.4. The highest BCUT2D eigenvalue weighted by Crippen LogP contribution is 2.46. The fraction of sp³-hybridized carbons (Fsp3) is 0.304. The van der Waals surface area contributed by atoms with E-state index < -0.39 is 5.97 Å². The van der Waals surface area contributed by atoms with Crippen molar-refractivity contribution in [2.75, 3.05) is 25.2 Å². The predicted molar refractivity (Wildman–Crippen MR) is 114 cm³/mol. The van der Waals surface area contributed by atoms with E-state index >= 15 is 0 Å². The van der Waals surface area contributed by atoms with Gasteiger partial charge < -0.3 is 14.4 Å². The van der Waals surface area contributed by atoms with Gasteiger partial charge in [-0.2, -0.15) is 0 Å². The number of para-hydroxylation sites is 1. The molecule has 6 heteroatoms. The molecular weight excluding hydrogens is 390 g/mol. The maximum Gasteiger partial charge on any atom is 0.344 e. The summed E-state index contributed by atoms with van der Waals surface area (Å²) in [7, 11) is 1.93. The molecule has 0 atom stereocenters. The number of rotatable bonds is 6. The minimum Gasteiger partial charge on any atom is -0.482 e. The second kappa shape index (κ2) is 8.29. The number of aryl methyl sites for hydroxylation is 1. The summed E-state index contributed by atoms with van der Waals surface area (Å²) in [5.74, 6) is -0.330. The van der Waals surface area contributed by atoms with E-state index in [4.69, 9.17) is 21.1 Å². The zero-order valence-electron chi connectivity index (χ0n) is 17.0. The smallest absolute Gasteiger partial charge is 0.344 e. The van der Waals surface area contributed by atoms with E-state index in [2.05, 4.69) is 19.9 Å². The Hall–Kier alpha value is -2.79. The zero-order valence-corrected chi connectivity index (χ0v) is 17.7. The second-order valence-electron chi connectivity index (χ2n) is 7.56. The van der Waals surface area contributed by atoms with E-state index in [0.717, 1.165) is 22.5 Å². The molecular formula is C23H24ClNO4. The maximum absolute atomic E-state index is 12.4. The number of carbonyl (C=O) groups excluding carboxylic acids is 2. The lowest BCUT2D eigenvalue weighted by Gasteiger charge is -2.23. The van der Waals surface area contributed by atoms with Crippen LogP contribution in [0.2, 0.25) is 5.02 Å². The monoisotopic (exact) mass is 413 g/mol. The Labute approximate surface area is 175 Å². The van der Waals surface area contributed by atoms with Crippen LogP contribution in [0.5, 0.6) is 5.75 Å². The van der Waals surface area contributed by atoms with Crippen molar-refractivity contribution in [3.8, 4) is 5.75 Å². The van der Waals surface area contributed by atoms with Crippen molar-refractivity contribution in [1.29, 1.82) is 0 Å². The third-order valence-corrected chi connectivity index (χ3v) is 5.33. The van der Waals surface area contributed by atoms with E-state index in [9.17, 15) is 9.59 Å². The lowest BCUT2D eigenvalue weighted by atomic mass is 9.83. The van der Waals surface area contributed by atoms with Crippen LogP contribution in [0.4, 0.5) is 5.69 Å². The summed E-state index contributed by atoms with van der Waals surface area (Å²) in [6.07, 6.45) is 1.55. The number of ether oxygens (including phenoxy) is 2. The number of hydrogen-bond donors (Lipinski definition) is 0. The largest absolute Gasteiger partial charge is 0.482 e. The molecule has 5 nitrogen and oxygen atoms in total. The number of anilines is 1. The molecule has 2 aromatic carbocycles. The topological polar surface area (TPSA) is 55.8 Å². The van der Waals surface area contributed by atoms with E-state index in [-0.39, 0.29) is 24.4 Å². The standard InChI is InChI=1S/C23H24ClNO4/c1-15-11-16(24)9-10-20(15)28-14-22(27)29-13-17(26)12-21-23(2,3)18-7-5-6-8-19(18)25(21)4/h5-12H,13-14H2,1-4H3. The first-order valence-electron chi connectivity index (χ1n) is 9.33. The van der Waals surface area contributed by atoms with Crippen molar-refractivity contribution in [1.82, 2.24) is 0 Å². The van der Waals surface area contributed by atoms with Crippen molar-refractivity contribution < 1.29 is 19.1 Å². The van der Waals surface area contributed by atoms with Gasteiger partial charge in [-0.15, -0.1) is 0 Å². The van der Waals surface area contributed by atoms with Gasteiger partial charge in [0.2, 0.25) is 0 Å². The Kier molecular flexibility index (Phi) is 5.99. The molecule has 0 aliphatic carbocycles. The number of likely N-dealkylation sites (N-methyl/N-ethyl adjacent to an activating group) is 1. The lowest BCUT2D eigenvalue weighted by molar-refractivity contribution is -0.148. The first kappa shape index (κ1) is 20.9. The molecule has 0 N–H and O–H groups in total. The molecule has 0 aromatic heterocycles. The van der Waals surface area contributed by atoms with Gasteiger partial charge in [0, 0.05) is 34.9 Å². The quantitative estimate of drug-likeness (QED) is 0.517. The molecule has 152 valence electrons. The Morgan fingerprint density at radius 1 is 1.14 bits per heavy atom. The molecule has 0 saturated heterocycles. The number of esters is 1. The normalized spacial score (nSPS) is 15.9. The third kappa shape index (κ3) is 4.46. The molecule has 1 aliphatic rings. The number of hydrogen-bond acceptors (Lipinski definition) is 5. The molecule has 0 amide bonds. The summed E-state index contributed by atoms with van der Waals surface area (Å²) in [5, 5.41) is 0.595. The SMILES string of the molecule is Cc1cc(Cl)ccc1OCC(=O)OCC(=O)C=C1N(C)c2ccccc2C1(C)C. The Morgan fingerprint density at radius 3 is 2.55 bits per heavy atom. The van der Waals surface area contributed by atoms with Gasteiger partial charge in [-0.3, -0.25) is 4.79 Å². The van der Waals surface area contributed by atoms with Gasteiger partial charge in [0.15, 0.2) is 19.0 Å². The third-order valence-electron chi connectivity index (χ3n) is 5.10. The van der Waals surface area contributed by atoms with Crippen LogP contribution < -0.4 is 9.64 Å². The summed E-state index contributed by atoms with van der Waals surface area (Å²) in [6.45, 7) is 5.38. The van der Waals surface area contributed by atoms with E-state index in [1.54, 1.807) is 24.3 Å². The summed E-state index contributed by atoms with van der Waals surface area (Å²) in [6, 6.07) is 13.2. The average Bonchev–Trinajstić information content (AvgIpc) is 2.87. The molecule has 0 radical (unpaired) electrons. The maximum atomic E-state index is 12.4. The van der Waals surface area contributed by atoms with Crippen molar-refractivity contribution in [2.45, 2.75) is 26.2 Å². The van der Waals surface area contributed by atoms with Crippen molar-refractivity contribution in [3.05, 3.63) is 70.4 Å². The summed E-state index contributed by atoms with van der Waals surface area (Å²) < 4.78 is 10.5. The molecule has 0 spiro atoms. The van der Waals surface area contributed by atoms with Crippen LogP contribution in [0.15, 0.2) is 54.2 Å². The molecule has 3 rings (SSSR count). The Balaban J connectivity index is 1.58. The van der Waals surface area contributed by atoms with Crippen molar-refractivity contribution in [2.24, 2.45) is 0 Å². The van der Waals surface area contributed by atoms with E-state index in [0.29, 0.717) is 10.8 Å². The van der Waals surface area contributed by atoms with Crippen LogP contribution in [0.25, 0.3) is 0 Å². The first-order valence-corrected chi connectivity index (χ1v) is 9.71. The number of allylic oxidation sites excluding steroid dienone is 1. The lowest BCUT2D eigenvalue weighted by Crippen LogP contribution is -2.25. The summed E-state index contributed by atoms with van der Waals surface area (Å²) in [5.41, 5.74) is 3.61. The van der Waals surface area contributed by atoms with Gasteiger partial charge in [0.25, 0.3) is 0 Å². The number of carbonyl (C=O) groups is 2. The Morgan fingerprint density at radius 2 is 1.86 bits per heavy atom. The van der Waals surface area contributed by atoms with Crippen LogP contribution in [0.1, 0.15) is 25.0 Å². The molecule has 1 heterocycles. The fourth-order valence-electron chi connectivity index (χ4n) is 3.56. The average molecular weight is 414 g/mol. The number of halogens is 1. The van der Waals surface area contributed by atoms with Gasteiger partial charge in [-0.05, 0) is 42.3 Å².